The van der Waals surface area contributed by atoms with Gasteiger partial charge in [-0.3, -0.25) is 0 Å². The van der Waals surface area contributed by atoms with Gasteiger partial charge in [-0.15, -0.1) is 0 Å². The van der Waals surface area contributed by atoms with Crippen LogP contribution in [0.15, 0.2) is 12.1 Å². The highest BCUT2D eigenvalue weighted by Crippen LogP contribution is 2.27. The van der Waals surface area contributed by atoms with Gasteiger partial charge in [-0.1, -0.05) is 37.0 Å². The fourth-order valence-corrected chi connectivity index (χ4v) is 1.83. The molecule has 0 bridgehead atoms. The average molecular weight is 259 g/mol. The predicted octanol–water partition coefficient (Wildman–Crippen LogP) is 4.20. The molecular formula is C11H9Cl2FN2. The molecule has 0 unspecified atom stereocenters. The third kappa shape index (κ3) is 1.97. The van der Waals surface area contributed by atoms with Crippen molar-refractivity contribution in [3.8, 4) is 0 Å². The summed E-state index contributed by atoms with van der Waals surface area (Å²) >= 11 is 11.7. The van der Waals surface area contributed by atoms with E-state index in [1.807, 2.05) is 13.8 Å². The van der Waals surface area contributed by atoms with Crippen molar-refractivity contribution in [3.05, 3.63) is 34.0 Å². The minimum Gasteiger partial charge on any atom is -0.229 e. The molecule has 84 valence electrons. The van der Waals surface area contributed by atoms with Crippen LogP contribution < -0.4 is 0 Å². The zero-order chi connectivity index (χ0) is 11.9. The van der Waals surface area contributed by atoms with Crippen molar-refractivity contribution in [2.75, 3.05) is 0 Å². The van der Waals surface area contributed by atoms with Crippen molar-refractivity contribution >= 4 is 34.1 Å². The van der Waals surface area contributed by atoms with E-state index in [1.165, 1.54) is 6.07 Å². The second-order valence-electron chi connectivity index (χ2n) is 3.81. The van der Waals surface area contributed by atoms with E-state index in [0.29, 0.717) is 11.2 Å². The van der Waals surface area contributed by atoms with Crippen molar-refractivity contribution in [2.45, 2.75) is 19.8 Å². The molecule has 0 amide bonds. The maximum absolute atomic E-state index is 13.6. The molecule has 1 aromatic heterocycles. The van der Waals surface area contributed by atoms with Crippen LogP contribution in [0.1, 0.15) is 25.6 Å². The number of benzene rings is 1. The largest absolute Gasteiger partial charge is 0.229 e. The van der Waals surface area contributed by atoms with Crippen LogP contribution in [-0.2, 0) is 0 Å². The molecule has 1 heterocycles. The van der Waals surface area contributed by atoms with Gasteiger partial charge in [0, 0.05) is 16.3 Å². The minimum atomic E-state index is -0.478. The summed E-state index contributed by atoms with van der Waals surface area (Å²) in [6.45, 7) is 3.84. The molecule has 0 fully saturated rings. The lowest BCUT2D eigenvalue weighted by atomic mass is 10.2. The first kappa shape index (κ1) is 11.6. The molecular weight excluding hydrogens is 250 g/mol. The van der Waals surface area contributed by atoms with E-state index in [1.54, 1.807) is 6.07 Å². The third-order valence-corrected chi connectivity index (χ3v) is 2.71. The summed E-state index contributed by atoms with van der Waals surface area (Å²) < 4.78 is 13.6. The Morgan fingerprint density at radius 3 is 2.50 bits per heavy atom. The van der Waals surface area contributed by atoms with Gasteiger partial charge in [-0.05, 0) is 12.1 Å². The van der Waals surface area contributed by atoms with Gasteiger partial charge in [0.2, 0.25) is 0 Å². The molecule has 2 nitrogen and oxygen atoms in total. The quantitative estimate of drug-likeness (QED) is 0.717. The zero-order valence-corrected chi connectivity index (χ0v) is 10.3. The van der Waals surface area contributed by atoms with Crippen LogP contribution in [0.4, 0.5) is 4.39 Å². The van der Waals surface area contributed by atoms with Crippen LogP contribution in [0.2, 0.25) is 10.2 Å². The van der Waals surface area contributed by atoms with Gasteiger partial charge in [0.1, 0.15) is 16.5 Å². The normalized spacial score (nSPS) is 11.4. The summed E-state index contributed by atoms with van der Waals surface area (Å²) in [6, 6.07) is 2.78. The highest BCUT2D eigenvalue weighted by Gasteiger charge is 2.12. The summed E-state index contributed by atoms with van der Waals surface area (Å²) in [6.07, 6.45) is 0. The highest BCUT2D eigenvalue weighted by atomic mass is 35.5. The number of fused-ring (bicyclic) bond motifs is 1. The molecule has 0 saturated heterocycles. The molecule has 0 atom stereocenters. The van der Waals surface area contributed by atoms with Gasteiger partial charge < -0.3 is 0 Å². The van der Waals surface area contributed by atoms with Crippen LogP contribution >= 0.6 is 23.2 Å². The van der Waals surface area contributed by atoms with E-state index in [0.717, 1.165) is 0 Å². The number of nitrogens with zero attached hydrogens (tertiary/aromatic N) is 2. The van der Waals surface area contributed by atoms with E-state index >= 15 is 0 Å². The number of rotatable bonds is 1. The van der Waals surface area contributed by atoms with Crippen LogP contribution in [0.5, 0.6) is 0 Å². The summed E-state index contributed by atoms with van der Waals surface area (Å²) in [5.41, 5.74) is 0.216. The average Bonchev–Trinajstić information content (AvgIpc) is 2.19. The molecule has 0 radical (unpaired) electrons. The van der Waals surface area contributed by atoms with Crippen LogP contribution in [0.25, 0.3) is 10.9 Å². The lowest BCUT2D eigenvalue weighted by Crippen LogP contribution is -2.00. The smallest absolute Gasteiger partial charge is 0.151 e. The van der Waals surface area contributed by atoms with Gasteiger partial charge in [-0.2, -0.15) is 0 Å². The molecule has 0 saturated carbocycles. The minimum absolute atomic E-state index is 0.0944. The van der Waals surface area contributed by atoms with Gasteiger partial charge in [0.25, 0.3) is 0 Å². The SMILES string of the molecule is CC(C)c1nc(Cl)c2cc(Cl)cc(F)c2n1. The topological polar surface area (TPSA) is 25.8 Å². The Bertz CT molecular complexity index is 555. The van der Waals surface area contributed by atoms with Gasteiger partial charge in [-0.25, -0.2) is 14.4 Å². The lowest BCUT2D eigenvalue weighted by molar-refractivity contribution is 0.634. The van der Waals surface area contributed by atoms with Crippen LogP contribution in [0.3, 0.4) is 0 Å². The maximum Gasteiger partial charge on any atom is 0.151 e. The predicted molar refractivity (Wildman–Crippen MR) is 63.6 cm³/mol. The highest BCUT2D eigenvalue weighted by molar-refractivity contribution is 6.35. The monoisotopic (exact) mass is 258 g/mol. The second kappa shape index (κ2) is 4.15. The Morgan fingerprint density at radius 2 is 1.88 bits per heavy atom. The molecule has 0 N–H and O–H groups in total. The van der Waals surface area contributed by atoms with Crippen molar-refractivity contribution in [2.24, 2.45) is 0 Å². The third-order valence-electron chi connectivity index (χ3n) is 2.21. The fraction of sp³-hybridized carbons (Fsp3) is 0.273. The van der Waals surface area contributed by atoms with Gasteiger partial charge >= 0.3 is 0 Å². The number of aromatic nitrogens is 2. The van der Waals surface area contributed by atoms with Crippen LogP contribution in [-0.4, -0.2) is 9.97 Å². The van der Waals surface area contributed by atoms with E-state index in [2.05, 4.69) is 9.97 Å². The lowest BCUT2D eigenvalue weighted by Gasteiger charge is -2.07. The summed E-state index contributed by atoms with van der Waals surface area (Å²) in [4.78, 5) is 8.26. The molecule has 2 rings (SSSR count). The summed E-state index contributed by atoms with van der Waals surface area (Å²) in [7, 11) is 0. The number of halogens is 3. The summed E-state index contributed by atoms with van der Waals surface area (Å²) in [5, 5.41) is 0.957. The van der Waals surface area contributed by atoms with Crippen LogP contribution in [0, 0.1) is 5.82 Å². The van der Waals surface area contributed by atoms with Gasteiger partial charge in [0.05, 0.1) is 0 Å². The molecule has 16 heavy (non-hydrogen) atoms. The molecule has 1 aromatic carbocycles. The Labute approximate surface area is 102 Å². The summed E-state index contributed by atoms with van der Waals surface area (Å²) in [5.74, 6) is 0.143. The van der Waals surface area contributed by atoms with E-state index < -0.39 is 5.82 Å². The molecule has 0 aliphatic carbocycles. The fourth-order valence-electron chi connectivity index (χ4n) is 1.40. The molecule has 0 aliphatic rings. The molecule has 2 aromatic rings. The molecule has 5 heteroatoms. The first-order valence-electron chi connectivity index (χ1n) is 4.81. The standard InChI is InChI=1S/C11H9Cl2FN2/c1-5(2)11-15-9-7(10(13)16-11)3-6(12)4-8(9)14/h3-5H,1-2H3. The number of hydrogen-bond acceptors (Lipinski definition) is 2. The second-order valence-corrected chi connectivity index (χ2v) is 4.61. The zero-order valence-electron chi connectivity index (χ0n) is 8.76. The number of hydrogen-bond donors (Lipinski definition) is 0. The Kier molecular flexibility index (Phi) is 3.00. The molecule has 0 spiro atoms. The first-order valence-corrected chi connectivity index (χ1v) is 5.57. The first-order chi connectivity index (χ1) is 7.49. The van der Waals surface area contributed by atoms with E-state index in [9.17, 15) is 4.39 Å². The Morgan fingerprint density at radius 1 is 1.19 bits per heavy atom. The van der Waals surface area contributed by atoms with Crippen molar-refractivity contribution in [1.82, 2.24) is 9.97 Å². The van der Waals surface area contributed by atoms with Crippen molar-refractivity contribution in [1.29, 1.82) is 0 Å². The maximum atomic E-state index is 13.6. The Hall–Kier alpha value is -0.930. The van der Waals surface area contributed by atoms with Gasteiger partial charge in [0.15, 0.2) is 5.82 Å². The van der Waals surface area contributed by atoms with E-state index in [-0.39, 0.29) is 21.6 Å². The van der Waals surface area contributed by atoms with E-state index in [4.69, 9.17) is 23.2 Å². The van der Waals surface area contributed by atoms with Crippen molar-refractivity contribution < 1.29 is 4.39 Å². The molecule has 0 aliphatic heterocycles. The van der Waals surface area contributed by atoms with Crippen molar-refractivity contribution in [3.63, 3.8) is 0 Å². The Balaban J connectivity index is 2.82.